The predicted octanol–water partition coefficient (Wildman–Crippen LogP) is 6.56. The Labute approximate surface area is 307 Å². The zero-order valence-corrected chi connectivity index (χ0v) is 30.9. The standard InChI is InChI=1S/C35H36BrClN6O6S/c1-4-48-28-18-23(17-24(36)32(28)49-19-29(44)42-13-15-47-16-14-42)31-30(33(45)39-26-11-7-8-12-27(26)46-3)21(2)38-34-40-35(41-43(31)34)50-20-22-9-5-6-10-25(22)37/h5-12,17-18,31H,4,13-16,19-20H2,1-3H3,(H,39,45)(H,38,40,41). The number of halogens is 2. The van der Waals surface area contributed by atoms with E-state index in [4.69, 9.17) is 40.6 Å². The van der Waals surface area contributed by atoms with Gasteiger partial charge in [0, 0.05) is 29.6 Å². The second kappa shape index (κ2) is 16.2. The molecule has 6 rings (SSSR count). The number of carbonyl (C=O) groups excluding carboxylic acids is 2. The largest absolute Gasteiger partial charge is 0.495 e. The quantitative estimate of drug-likeness (QED) is 0.153. The number of aromatic nitrogens is 3. The number of nitrogens with zero attached hydrogens (tertiary/aromatic N) is 4. The van der Waals surface area contributed by atoms with Gasteiger partial charge in [0.05, 0.1) is 42.7 Å². The fourth-order valence-electron chi connectivity index (χ4n) is 5.68. The number of ether oxygens (including phenoxy) is 4. The Bertz CT molecular complexity index is 1920. The van der Waals surface area contributed by atoms with E-state index in [0.29, 0.717) is 99.0 Å². The van der Waals surface area contributed by atoms with E-state index in [9.17, 15) is 9.59 Å². The molecule has 0 aliphatic carbocycles. The minimum atomic E-state index is -0.734. The summed E-state index contributed by atoms with van der Waals surface area (Å²) in [4.78, 5) is 33.6. The third-order valence-corrected chi connectivity index (χ3v) is 9.94. The van der Waals surface area contributed by atoms with Crippen molar-refractivity contribution < 1.29 is 28.5 Å². The summed E-state index contributed by atoms with van der Waals surface area (Å²) < 4.78 is 25.2. The molecule has 2 aliphatic heterocycles. The van der Waals surface area contributed by atoms with Crippen molar-refractivity contribution in [3.8, 4) is 17.2 Å². The first-order chi connectivity index (χ1) is 24.3. The van der Waals surface area contributed by atoms with Gasteiger partial charge in [0.1, 0.15) is 11.8 Å². The molecule has 0 radical (unpaired) electrons. The average molecular weight is 784 g/mol. The lowest BCUT2D eigenvalue weighted by Gasteiger charge is -2.29. The summed E-state index contributed by atoms with van der Waals surface area (Å²) in [7, 11) is 1.55. The Balaban J connectivity index is 1.37. The summed E-state index contributed by atoms with van der Waals surface area (Å²) >= 11 is 11.5. The highest BCUT2D eigenvalue weighted by atomic mass is 79.9. The van der Waals surface area contributed by atoms with E-state index in [1.54, 1.807) is 28.8 Å². The predicted molar refractivity (Wildman–Crippen MR) is 195 cm³/mol. The topological polar surface area (TPSA) is 129 Å². The Morgan fingerprint density at radius 3 is 2.62 bits per heavy atom. The van der Waals surface area contributed by atoms with Gasteiger partial charge in [-0.3, -0.25) is 9.59 Å². The summed E-state index contributed by atoms with van der Waals surface area (Å²) in [6, 6.07) is 17.8. The van der Waals surface area contributed by atoms with E-state index in [0.717, 1.165) is 5.56 Å². The normalized spacial score (nSPS) is 15.6. The first kappa shape index (κ1) is 35.6. The highest BCUT2D eigenvalue weighted by molar-refractivity contribution is 9.10. The molecule has 2 amide bonds. The van der Waals surface area contributed by atoms with E-state index in [-0.39, 0.29) is 18.4 Å². The summed E-state index contributed by atoms with van der Waals surface area (Å²) in [5.41, 5.74) is 3.14. The number of rotatable bonds is 12. The zero-order chi connectivity index (χ0) is 35.2. The minimum absolute atomic E-state index is 0.145. The third-order valence-electron chi connectivity index (χ3n) is 8.10. The molecule has 1 atom stereocenters. The number of hydrogen-bond donors (Lipinski definition) is 2. The summed E-state index contributed by atoms with van der Waals surface area (Å²) in [6.07, 6.45) is 0. The molecule has 1 unspecified atom stereocenters. The maximum Gasteiger partial charge on any atom is 0.260 e. The lowest BCUT2D eigenvalue weighted by Crippen LogP contribution is -2.43. The molecule has 262 valence electrons. The van der Waals surface area contributed by atoms with Gasteiger partial charge < -0.3 is 34.5 Å². The van der Waals surface area contributed by atoms with Crippen LogP contribution in [-0.4, -0.2) is 78.1 Å². The van der Waals surface area contributed by atoms with Crippen molar-refractivity contribution in [1.29, 1.82) is 0 Å². The number of nitrogens with one attached hydrogen (secondary N) is 2. The van der Waals surface area contributed by atoms with Crippen molar-refractivity contribution >= 4 is 62.7 Å². The van der Waals surface area contributed by atoms with Gasteiger partial charge in [0.2, 0.25) is 11.1 Å². The van der Waals surface area contributed by atoms with E-state index in [2.05, 4.69) is 26.6 Å². The summed E-state index contributed by atoms with van der Waals surface area (Å²) in [5.74, 6) is 1.82. The van der Waals surface area contributed by atoms with Crippen molar-refractivity contribution in [3.63, 3.8) is 0 Å². The molecular weight excluding hydrogens is 748 g/mol. The van der Waals surface area contributed by atoms with Crippen molar-refractivity contribution in [2.24, 2.45) is 0 Å². The highest BCUT2D eigenvalue weighted by Crippen LogP contribution is 2.44. The van der Waals surface area contributed by atoms with Crippen LogP contribution >= 0.6 is 39.3 Å². The first-order valence-corrected chi connectivity index (χ1v) is 18.1. The molecule has 2 N–H and O–H groups in total. The van der Waals surface area contributed by atoms with Crippen LogP contribution in [0, 0.1) is 0 Å². The molecule has 0 spiro atoms. The lowest BCUT2D eigenvalue weighted by molar-refractivity contribution is -0.137. The van der Waals surface area contributed by atoms with Crippen molar-refractivity contribution in [2.75, 3.05) is 57.3 Å². The second-order valence-electron chi connectivity index (χ2n) is 11.3. The Morgan fingerprint density at radius 2 is 1.86 bits per heavy atom. The Morgan fingerprint density at radius 1 is 1.10 bits per heavy atom. The number of benzene rings is 3. The molecular formula is C35H36BrClN6O6S. The van der Waals surface area contributed by atoms with Crippen LogP contribution in [0.25, 0.3) is 0 Å². The molecule has 0 bridgehead atoms. The SMILES string of the molecule is CCOc1cc(C2C(C(=O)Nc3ccccc3OC)=C(C)Nc3nc(SCc4ccccc4Cl)nn32)cc(Br)c1OCC(=O)N1CCOCC1. The number of morpholine rings is 1. The van der Waals surface area contributed by atoms with Gasteiger partial charge in [-0.05, 0) is 71.2 Å². The molecule has 1 aromatic heterocycles. The van der Waals surface area contributed by atoms with Gasteiger partial charge in [0.25, 0.3) is 11.8 Å². The van der Waals surface area contributed by atoms with E-state index in [1.807, 2.05) is 62.4 Å². The number of fused-ring (bicyclic) bond motifs is 1. The highest BCUT2D eigenvalue weighted by Gasteiger charge is 2.36. The number of carbonyl (C=O) groups is 2. The molecule has 1 fully saturated rings. The molecule has 1 saturated heterocycles. The van der Waals surface area contributed by atoms with Crippen LogP contribution in [0.15, 0.2) is 81.6 Å². The zero-order valence-electron chi connectivity index (χ0n) is 27.7. The molecule has 3 heterocycles. The number of thioether (sulfide) groups is 1. The van der Waals surface area contributed by atoms with E-state index in [1.165, 1.54) is 11.8 Å². The molecule has 3 aromatic carbocycles. The van der Waals surface area contributed by atoms with Crippen molar-refractivity contribution in [1.82, 2.24) is 19.7 Å². The molecule has 2 aliphatic rings. The number of methoxy groups -OCH3 is 1. The minimum Gasteiger partial charge on any atom is -0.495 e. The third kappa shape index (κ3) is 7.88. The molecule has 0 saturated carbocycles. The Hall–Kier alpha value is -4.24. The van der Waals surface area contributed by atoms with Gasteiger partial charge in [-0.25, -0.2) is 4.68 Å². The first-order valence-electron chi connectivity index (χ1n) is 16.0. The molecule has 15 heteroatoms. The number of hydrogen-bond acceptors (Lipinski definition) is 10. The maximum absolute atomic E-state index is 14.2. The van der Waals surface area contributed by atoms with Crippen LogP contribution in [0.4, 0.5) is 11.6 Å². The smallest absolute Gasteiger partial charge is 0.260 e. The molecule has 4 aromatic rings. The van der Waals surface area contributed by atoms with Gasteiger partial charge in [0.15, 0.2) is 18.1 Å². The monoisotopic (exact) mass is 782 g/mol. The van der Waals surface area contributed by atoms with Crippen LogP contribution in [0.3, 0.4) is 0 Å². The number of amides is 2. The number of para-hydroxylation sites is 2. The summed E-state index contributed by atoms with van der Waals surface area (Å²) in [5, 5.41) is 12.3. The van der Waals surface area contributed by atoms with Gasteiger partial charge in [-0.15, -0.1) is 5.10 Å². The fraction of sp³-hybridized carbons (Fsp3) is 0.314. The van der Waals surface area contributed by atoms with Crippen LogP contribution in [0.2, 0.25) is 5.02 Å². The number of anilines is 2. The van der Waals surface area contributed by atoms with Crippen molar-refractivity contribution in [2.45, 2.75) is 30.8 Å². The van der Waals surface area contributed by atoms with E-state index < -0.39 is 6.04 Å². The average Bonchev–Trinajstić information content (AvgIpc) is 3.53. The molecule has 12 nitrogen and oxygen atoms in total. The van der Waals surface area contributed by atoms with Gasteiger partial charge >= 0.3 is 0 Å². The number of allylic oxidation sites excluding steroid dienone is 1. The van der Waals surface area contributed by atoms with Gasteiger partial charge in [-0.2, -0.15) is 4.98 Å². The van der Waals surface area contributed by atoms with Crippen LogP contribution < -0.4 is 24.8 Å². The maximum atomic E-state index is 14.2. The van der Waals surface area contributed by atoms with Crippen LogP contribution in [0.5, 0.6) is 17.2 Å². The van der Waals surface area contributed by atoms with E-state index >= 15 is 0 Å². The van der Waals surface area contributed by atoms with Crippen LogP contribution in [0.1, 0.15) is 31.0 Å². The van der Waals surface area contributed by atoms with Gasteiger partial charge in [-0.1, -0.05) is 53.7 Å². The lowest BCUT2D eigenvalue weighted by atomic mass is 9.94. The Kier molecular flexibility index (Phi) is 11.5. The second-order valence-corrected chi connectivity index (χ2v) is 13.5. The fourth-order valence-corrected chi connectivity index (χ4v) is 7.37. The van der Waals surface area contributed by atoms with Crippen LogP contribution in [-0.2, 0) is 20.1 Å². The molecule has 50 heavy (non-hydrogen) atoms. The summed E-state index contributed by atoms with van der Waals surface area (Å²) in [6.45, 7) is 5.87. The van der Waals surface area contributed by atoms with Crippen molar-refractivity contribution in [3.05, 3.63) is 92.6 Å².